The Morgan fingerprint density at radius 1 is 0.912 bits per heavy atom. The van der Waals surface area contributed by atoms with Crippen LogP contribution in [-0.4, -0.2) is 69.8 Å². The van der Waals surface area contributed by atoms with Gasteiger partial charge < -0.3 is 19.3 Å². The molecule has 2 aliphatic heterocycles. The maximum Gasteiger partial charge on any atom is 0.573 e. The fraction of sp³-hybridized carbons (Fsp3) is 0.273. The first kappa shape index (κ1) is 21.7. The van der Waals surface area contributed by atoms with Crippen LogP contribution >= 0.6 is 0 Å². The number of alkyl halides is 3. The van der Waals surface area contributed by atoms with Crippen molar-refractivity contribution in [1.82, 2.24) is 25.2 Å². The van der Waals surface area contributed by atoms with Crippen molar-refractivity contribution in [1.29, 1.82) is 0 Å². The normalized spacial score (nSPS) is 15.7. The van der Waals surface area contributed by atoms with Crippen LogP contribution in [0.2, 0.25) is 0 Å². The summed E-state index contributed by atoms with van der Waals surface area (Å²) in [7, 11) is 0. The molecule has 2 aromatic carbocycles. The number of carbonyl (C=O) groups is 2. The largest absolute Gasteiger partial charge is 0.573 e. The van der Waals surface area contributed by atoms with Gasteiger partial charge in [-0.2, -0.15) is 15.4 Å². The first-order chi connectivity index (χ1) is 16.2. The summed E-state index contributed by atoms with van der Waals surface area (Å²) in [5, 5.41) is 10.5. The summed E-state index contributed by atoms with van der Waals surface area (Å²) in [5.74, 6) is -0.464. The number of aromatic amines is 1. The number of nitrogens with one attached hydrogen (secondary N) is 1. The van der Waals surface area contributed by atoms with E-state index in [1.807, 2.05) is 0 Å². The van der Waals surface area contributed by atoms with Gasteiger partial charge in [0.25, 0.3) is 5.91 Å². The van der Waals surface area contributed by atoms with Gasteiger partial charge in [-0.15, -0.1) is 13.2 Å². The first-order valence-corrected chi connectivity index (χ1v) is 10.3. The molecule has 0 saturated heterocycles. The number of rotatable bonds is 4. The van der Waals surface area contributed by atoms with Crippen molar-refractivity contribution in [2.45, 2.75) is 13.0 Å². The Morgan fingerprint density at radius 3 is 2.24 bits per heavy atom. The van der Waals surface area contributed by atoms with Crippen molar-refractivity contribution < 1.29 is 32.2 Å². The Bertz CT molecular complexity index is 1270. The maximum absolute atomic E-state index is 12.9. The van der Waals surface area contributed by atoms with Gasteiger partial charge in [0, 0.05) is 31.7 Å². The molecule has 3 aromatic rings. The molecule has 3 heterocycles. The van der Waals surface area contributed by atoms with E-state index in [9.17, 15) is 22.8 Å². The molecule has 9 nitrogen and oxygen atoms in total. The third-order valence-corrected chi connectivity index (χ3v) is 5.65. The highest BCUT2D eigenvalue weighted by Crippen LogP contribution is 2.28. The zero-order chi connectivity index (χ0) is 23.9. The summed E-state index contributed by atoms with van der Waals surface area (Å²) in [4.78, 5) is 28.6. The van der Waals surface area contributed by atoms with E-state index in [4.69, 9.17) is 4.74 Å². The standard InChI is InChI=1S/C22H18F3N5O4/c23-22(24,25)34-17-4-1-13(2-5-17)12-33-21(32)30-10-15-8-29(9-16(15)11-30)20(31)14-3-6-18-19(7-14)27-28-26-18/h1-7H,8-12H2,(H,26,27,28). The highest BCUT2D eigenvalue weighted by atomic mass is 19.4. The zero-order valence-electron chi connectivity index (χ0n) is 17.6. The quantitative estimate of drug-likeness (QED) is 0.584. The highest BCUT2D eigenvalue weighted by Gasteiger charge is 2.35. The number of H-pyrrole nitrogens is 1. The summed E-state index contributed by atoms with van der Waals surface area (Å²) >= 11 is 0. The lowest BCUT2D eigenvalue weighted by Crippen LogP contribution is -2.36. The van der Waals surface area contributed by atoms with Crippen molar-refractivity contribution in [3.05, 3.63) is 64.7 Å². The number of amides is 2. The third kappa shape index (κ3) is 4.51. The molecule has 2 aliphatic rings. The van der Waals surface area contributed by atoms with Crippen LogP contribution in [0.25, 0.3) is 11.0 Å². The Kier molecular flexibility index (Phi) is 5.34. The number of ether oxygens (including phenoxy) is 2. The summed E-state index contributed by atoms with van der Waals surface area (Å²) < 4.78 is 45.8. The van der Waals surface area contributed by atoms with E-state index in [1.165, 1.54) is 17.0 Å². The topological polar surface area (TPSA) is 101 Å². The van der Waals surface area contributed by atoms with Crippen LogP contribution < -0.4 is 4.74 Å². The molecular formula is C22H18F3N5O4. The smallest absolute Gasteiger partial charge is 0.445 e. The van der Waals surface area contributed by atoms with E-state index >= 15 is 0 Å². The van der Waals surface area contributed by atoms with Crippen LogP contribution in [0.1, 0.15) is 15.9 Å². The van der Waals surface area contributed by atoms with Crippen molar-refractivity contribution >= 4 is 23.0 Å². The van der Waals surface area contributed by atoms with E-state index < -0.39 is 12.5 Å². The van der Waals surface area contributed by atoms with Crippen molar-refractivity contribution in [3.8, 4) is 5.75 Å². The van der Waals surface area contributed by atoms with E-state index in [1.54, 1.807) is 23.1 Å². The maximum atomic E-state index is 12.9. The number of halogens is 3. The van der Waals surface area contributed by atoms with Crippen molar-refractivity contribution in [2.24, 2.45) is 0 Å². The molecule has 0 saturated carbocycles. The van der Waals surface area contributed by atoms with Gasteiger partial charge in [-0.1, -0.05) is 12.1 Å². The summed E-state index contributed by atoms with van der Waals surface area (Å²) in [5.41, 5.74) is 4.34. The van der Waals surface area contributed by atoms with Gasteiger partial charge in [-0.05, 0) is 47.0 Å². The van der Waals surface area contributed by atoms with Crippen LogP contribution in [0.4, 0.5) is 18.0 Å². The molecule has 1 N–H and O–H groups in total. The molecule has 0 radical (unpaired) electrons. The van der Waals surface area contributed by atoms with Gasteiger partial charge >= 0.3 is 12.5 Å². The lowest BCUT2D eigenvalue weighted by molar-refractivity contribution is -0.274. The fourth-order valence-electron chi connectivity index (χ4n) is 4.03. The Labute approximate surface area is 190 Å². The van der Waals surface area contributed by atoms with Crippen LogP contribution in [0.3, 0.4) is 0 Å². The molecule has 176 valence electrons. The van der Waals surface area contributed by atoms with Crippen LogP contribution in [0, 0.1) is 0 Å². The van der Waals surface area contributed by atoms with Crippen molar-refractivity contribution in [2.75, 3.05) is 26.2 Å². The minimum Gasteiger partial charge on any atom is -0.445 e. The minimum absolute atomic E-state index is 0.0819. The molecule has 0 bridgehead atoms. The molecule has 34 heavy (non-hydrogen) atoms. The Balaban J connectivity index is 1.11. The van der Waals surface area contributed by atoms with Crippen LogP contribution in [-0.2, 0) is 11.3 Å². The van der Waals surface area contributed by atoms with E-state index in [-0.39, 0.29) is 18.3 Å². The highest BCUT2D eigenvalue weighted by molar-refractivity contribution is 5.97. The number of nitrogens with zero attached hydrogens (tertiary/aromatic N) is 4. The fourth-order valence-corrected chi connectivity index (χ4v) is 4.03. The van der Waals surface area contributed by atoms with Gasteiger partial charge in [0.2, 0.25) is 0 Å². The molecule has 0 aliphatic carbocycles. The first-order valence-electron chi connectivity index (χ1n) is 10.3. The SMILES string of the molecule is O=C(OCc1ccc(OC(F)(F)F)cc1)N1CC2=C(C1)CN(C(=O)c1ccc3n[nH]nc3c1)C2. The number of hydrogen-bond acceptors (Lipinski definition) is 6. The molecule has 1 aromatic heterocycles. The number of fused-ring (bicyclic) bond motifs is 1. The predicted molar refractivity (Wildman–Crippen MR) is 112 cm³/mol. The summed E-state index contributed by atoms with van der Waals surface area (Å²) in [6, 6.07) is 10.3. The van der Waals surface area contributed by atoms with Gasteiger partial charge in [-0.25, -0.2) is 4.79 Å². The second kappa shape index (κ2) is 8.36. The molecule has 12 heteroatoms. The zero-order valence-corrected chi connectivity index (χ0v) is 17.6. The summed E-state index contributed by atoms with van der Waals surface area (Å²) in [6.45, 7) is 1.49. The second-order valence-corrected chi connectivity index (χ2v) is 8.00. The number of carbonyl (C=O) groups excluding carboxylic acids is 2. The minimum atomic E-state index is -4.76. The van der Waals surface area contributed by atoms with Crippen LogP contribution in [0.15, 0.2) is 53.6 Å². The van der Waals surface area contributed by atoms with Gasteiger partial charge in [-0.3, -0.25) is 4.79 Å². The molecule has 0 fully saturated rings. The van der Waals surface area contributed by atoms with E-state index in [0.717, 1.165) is 23.3 Å². The molecular weight excluding hydrogens is 455 g/mol. The third-order valence-electron chi connectivity index (χ3n) is 5.65. The van der Waals surface area contributed by atoms with Crippen molar-refractivity contribution in [3.63, 3.8) is 0 Å². The number of hydrogen-bond donors (Lipinski definition) is 1. The van der Waals surface area contributed by atoms with Crippen LogP contribution in [0.5, 0.6) is 5.75 Å². The molecule has 0 unspecified atom stereocenters. The predicted octanol–water partition coefficient (Wildman–Crippen LogP) is 3.26. The average molecular weight is 473 g/mol. The molecule has 5 rings (SSSR count). The lowest BCUT2D eigenvalue weighted by Gasteiger charge is -2.22. The molecule has 0 spiro atoms. The molecule has 2 amide bonds. The van der Waals surface area contributed by atoms with Gasteiger partial charge in [0.05, 0.1) is 0 Å². The Hall–Kier alpha value is -4.09. The van der Waals surface area contributed by atoms with Gasteiger partial charge in [0.15, 0.2) is 0 Å². The van der Waals surface area contributed by atoms with Gasteiger partial charge in [0.1, 0.15) is 23.4 Å². The molecule has 0 atom stereocenters. The van der Waals surface area contributed by atoms with E-state index in [2.05, 4.69) is 20.1 Å². The average Bonchev–Trinajstić information content (AvgIpc) is 3.51. The lowest BCUT2D eigenvalue weighted by atomic mass is 10.1. The van der Waals surface area contributed by atoms with E-state index in [0.29, 0.717) is 48.3 Å². The second-order valence-electron chi connectivity index (χ2n) is 8.00. The summed E-state index contributed by atoms with van der Waals surface area (Å²) in [6.07, 6.45) is -5.29. The Morgan fingerprint density at radius 2 is 1.56 bits per heavy atom. The monoisotopic (exact) mass is 473 g/mol. The number of aromatic nitrogens is 3. The number of benzene rings is 2.